The fourth-order valence-corrected chi connectivity index (χ4v) is 2.41. The van der Waals surface area contributed by atoms with E-state index in [9.17, 15) is 9.59 Å². The standard InChI is InChI=1S/C20H23NO6/c1-14(27-18-10-8-16(25-3)9-11-18)20(24)21(2)12-15-4-6-17(7-5-15)26-13-19(22)23/h4-11,14H,12-13H2,1-3H3,(H,22,23). The number of hydrogen-bond acceptors (Lipinski definition) is 5. The van der Waals surface area contributed by atoms with E-state index in [1.54, 1.807) is 74.5 Å². The first-order valence-electron chi connectivity index (χ1n) is 8.38. The van der Waals surface area contributed by atoms with Crippen LogP contribution in [0.15, 0.2) is 48.5 Å². The monoisotopic (exact) mass is 373 g/mol. The van der Waals surface area contributed by atoms with Crippen molar-refractivity contribution in [1.82, 2.24) is 4.90 Å². The van der Waals surface area contributed by atoms with Gasteiger partial charge in [0.1, 0.15) is 17.2 Å². The number of amides is 1. The second-order valence-electron chi connectivity index (χ2n) is 5.96. The van der Waals surface area contributed by atoms with E-state index in [2.05, 4.69) is 0 Å². The van der Waals surface area contributed by atoms with E-state index in [1.165, 1.54) is 0 Å². The average molecular weight is 373 g/mol. The summed E-state index contributed by atoms with van der Waals surface area (Å²) in [6.45, 7) is 1.71. The molecule has 2 rings (SSSR count). The van der Waals surface area contributed by atoms with Gasteiger partial charge in [-0.15, -0.1) is 0 Å². The largest absolute Gasteiger partial charge is 0.497 e. The highest BCUT2D eigenvalue weighted by Crippen LogP contribution is 2.19. The number of carbonyl (C=O) groups is 2. The normalized spacial score (nSPS) is 11.4. The highest BCUT2D eigenvalue weighted by atomic mass is 16.5. The van der Waals surface area contributed by atoms with Crippen molar-refractivity contribution in [2.24, 2.45) is 0 Å². The van der Waals surface area contributed by atoms with Gasteiger partial charge in [0, 0.05) is 13.6 Å². The van der Waals surface area contributed by atoms with Crippen molar-refractivity contribution in [1.29, 1.82) is 0 Å². The number of benzene rings is 2. The Kier molecular flexibility index (Phi) is 7.05. The van der Waals surface area contributed by atoms with Crippen molar-refractivity contribution in [3.05, 3.63) is 54.1 Å². The van der Waals surface area contributed by atoms with E-state index in [-0.39, 0.29) is 5.91 Å². The Labute approximate surface area is 158 Å². The van der Waals surface area contributed by atoms with Gasteiger partial charge in [-0.3, -0.25) is 4.79 Å². The number of likely N-dealkylation sites (N-methyl/N-ethyl adjacent to an activating group) is 1. The number of aliphatic carboxylic acids is 1. The Bertz CT molecular complexity index is 757. The number of rotatable bonds is 9. The van der Waals surface area contributed by atoms with E-state index < -0.39 is 18.7 Å². The molecule has 0 aromatic heterocycles. The molecule has 0 bridgehead atoms. The molecule has 7 heteroatoms. The minimum absolute atomic E-state index is 0.156. The number of ether oxygens (including phenoxy) is 3. The minimum atomic E-state index is -1.03. The Morgan fingerprint density at radius 2 is 1.56 bits per heavy atom. The molecule has 0 aliphatic rings. The molecule has 0 fully saturated rings. The van der Waals surface area contributed by atoms with Gasteiger partial charge >= 0.3 is 5.97 Å². The second kappa shape index (κ2) is 9.47. The van der Waals surface area contributed by atoms with Gasteiger partial charge in [0.25, 0.3) is 5.91 Å². The van der Waals surface area contributed by atoms with E-state index in [4.69, 9.17) is 19.3 Å². The third-order valence-corrected chi connectivity index (χ3v) is 3.80. The molecule has 1 atom stereocenters. The molecule has 144 valence electrons. The van der Waals surface area contributed by atoms with Crippen LogP contribution in [0.25, 0.3) is 0 Å². The first-order chi connectivity index (χ1) is 12.9. The lowest BCUT2D eigenvalue weighted by Crippen LogP contribution is -2.37. The van der Waals surface area contributed by atoms with Gasteiger partial charge in [-0.1, -0.05) is 12.1 Å². The van der Waals surface area contributed by atoms with Crippen LogP contribution < -0.4 is 14.2 Å². The number of nitrogens with zero attached hydrogens (tertiary/aromatic N) is 1. The molecule has 1 N–H and O–H groups in total. The van der Waals surface area contributed by atoms with Crippen molar-refractivity contribution in [3.8, 4) is 17.2 Å². The van der Waals surface area contributed by atoms with Crippen molar-refractivity contribution >= 4 is 11.9 Å². The Morgan fingerprint density at radius 1 is 1.00 bits per heavy atom. The summed E-state index contributed by atoms with van der Waals surface area (Å²) in [6, 6.07) is 14.0. The van der Waals surface area contributed by atoms with Crippen LogP contribution in [-0.2, 0) is 16.1 Å². The molecule has 0 heterocycles. The third kappa shape index (κ3) is 6.22. The molecule has 0 aliphatic heterocycles. The molecular formula is C20H23NO6. The van der Waals surface area contributed by atoms with Gasteiger partial charge in [0.2, 0.25) is 0 Å². The van der Waals surface area contributed by atoms with Crippen LogP contribution in [-0.4, -0.2) is 48.8 Å². The molecule has 1 unspecified atom stereocenters. The van der Waals surface area contributed by atoms with Crippen molar-refractivity contribution in [2.45, 2.75) is 19.6 Å². The molecule has 2 aromatic rings. The summed E-state index contributed by atoms with van der Waals surface area (Å²) in [4.78, 5) is 24.6. The molecule has 2 aromatic carbocycles. The number of methoxy groups -OCH3 is 1. The highest BCUT2D eigenvalue weighted by Gasteiger charge is 2.19. The molecule has 27 heavy (non-hydrogen) atoms. The predicted octanol–water partition coefficient (Wildman–Crippen LogP) is 2.58. The first-order valence-corrected chi connectivity index (χ1v) is 8.38. The zero-order chi connectivity index (χ0) is 19.8. The van der Waals surface area contributed by atoms with Crippen LogP contribution in [0.4, 0.5) is 0 Å². The quantitative estimate of drug-likeness (QED) is 0.727. The zero-order valence-electron chi connectivity index (χ0n) is 15.5. The molecular weight excluding hydrogens is 350 g/mol. The Morgan fingerprint density at radius 3 is 2.11 bits per heavy atom. The number of carboxylic acids is 1. The van der Waals surface area contributed by atoms with Crippen LogP contribution in [0.3, 0.4) is 0 Å². The van der Waals surface area contributed by atoms with E-state index in [1.807, 2.05) is 0 Å². The second-order valence-corrected chi connectivity index (χ2v) is 5.96. The Balaban J connectivity index is 1.88. The van der Waals surface area contributed by atoms with Crippen LogP contribution in [0, 0.1) is 0 Å². The van der Waals surface area contributed by atoms with Gasteiger partial charge in [-0.05, 0) is 48.9 Å². The smallest absolute Gasteiger partial charge is 0.341 e. The summed E-state index contributed by atoms with van der Waals surface area (Å²) < 4.78 is 15.9. The maximum absolute atomic E-state index is 12.5. The predicted molar refractivity (Wildman–Crippen MR) is 99.1 cm³/mol. The maximum Gasteiger partial charge on any atom is 0.341 e. The average Bonchev–Trinajstić information content (AvgIpc) is 2.67. The molecule has 0 saturated heterocycles. The molecule has 7 nitrogen and oxygen atoms in total. The molecule has 1 amide bonds. The Hall–Kier alpha value is -3.22. The highest BCUT2D eigenvalue weighted by molar-refractivity contribution is 5.80. The SMILES string of the molecule is COc1ccc(OC(C)C(=O)N(C)Cc2ccc(OCC(=O)O)cc2)cc1. The third-order valence-electron chi connectivity index (χ3n) is 3.80. The number of carbonyl (C=O) groups excluding carboxylic acids is 1. The topological polar surface area (TPSA) is 85.3 Å². The summed E-state index contributed by atoms with van der Waals surface area (Å²) >= 11 is 0. The molecule has 0 aliphatic carbocycles. The lowest BCUT2D eigenvalue weighted by atomic mass is 10.2. The summed E-state index contributed by atoms with van der Waals surface area (Å²) in [5.74, 6) is 0.581. The van der Waals surface area contributed by atoms with Gasteiger partial charge < -0.3 is 24.2 Å². The first kappa shape index (κ1) is 20.1. The van der Waals surface area contributed by atoms with Crippen molar-refractivity contribution < 1.29 is 28.9 Å². The maximum atomic E-state index is 12.5. The van der Waals surface area contributed by atoms with Crippen LogP contribution in [0.2, 0.25) is 0 Å². The fourth-order valence-electron chi connectivity index (χ4n) is 2.41. The van der Waals surface area contributed by atoms with Crippen LogP contribution in [0.1, 0.15) is 12.5 Å². The van der Waals surface area contributed by atoms with Crippen molar-refractivity contribution in [3.63, 3.8) is 0 Å². The van der Waals surface area contributed by atoms with E-state index in [0.717, 1.165) is 5.56 Å². The van der Waals surface area contributed by atoms with Crippen LogP contribution in [0.5, 0.6) is 17.2 Å². The van der Waals surface area contributed by atoms with Gasteiger partial charge in [-0.25, -0.2) is 4.79 Å². The van der Waals surface area contributed by atoms with Gasteiger partial charge in [-0.2, -0.15) is 0 Å². The zero-order valence-corrected chi connectivity index (χ0v) is 15.5. The molecule has 0 spiro atoms. The number of carboxylic acid groups (broad SMARTS) is 1. The number of hydrogen-bond donors (Lipinski definition) is 1. The van der Waals surface area contributed by atoms with Gasteiger partial charge in [0.05, 0.1) is 7.11 Å². The lowest BCUT2D eigenvalue weighted by molar-refractivity contribution is -0.139. The van der Waals surface area contributed by atoms with E-state index in [0.29, 0.717) is 23.8 Å². The van der Waals surface area contributed by atoms with Crippen molar-refractivity contribution in [2.75, 3.05) is 20.8 Å². The molecule has 0 saturated carbocycles. The summed E-state index contributed by atoms with van der Waals surface area (Å²) in [6.07, 6.45) is -0.637. The minimum Gasteiger partial charge on any atom is -0.497 e. The fraction of sp³-hybridized carbons (Fsp3) is 0.300. The molecule has 0 radical (unpaired) electrons. The summed E-state index contributed by atoms with van der Waals surface area (Å²) in [5, 5.41) is 8.61. The lowest BCUT2D eigenvalue weighted by Gasteiger charge is -2.22. The summed E-state index contributed by atoms with van der Waals surface area (Å²) in [5.41, 5.74) is 0.894. The van der Waals surface area contributed by atoms with E-state index >= 15 is 0 Å². The summed E-state index contributed by atoms with van der Waals surface area (Å²) in [7, 11) is 3.28. The van der Waals surface area contributed by atoms with Crippen LogP contribution >= 0.6 is 0 Å². The van der Waals surface area contributed by atoms with Gasteiger partial charge in [0.15, 0.2) is 12.7 Å².